The van der Waals surface area contributed by atoms with E-state index in [2.05, 4.69) is 98.9 Å². The first-order chi connectivity index (χ1) is 30.0. The number of carbonyl (C=O) groups is 2. The van der Waals surface area contributed by atoms with Crippen LogP contribution in [0.3, 0.4) is 0 Å². The van der Waals surface area contributed by atoms with Crippen molar-refractivity contribution in [3.8, 4) is 0 Å². The van der Waals surface area contributed by atoms with Gasteiger partial charge in [-0.3, -0.25) is 14.2 Å². The summed E-state index contributed by atoms with van der Waals surface area (Å²) in [5.41, 5.74) is 0. The van der Waals surface area contributed by atoms with Crippen LogP contribution in [-0.4, -0.2) is 70.0 Å². The van der Waals surface area contributed by atoms with E-state index in [1.165, 1.54) is 44.9 Å². The molecule has 0 radical (unpaired) electrons. The molecule has 0 amide bonds. The Balaban J connectivity index is 4.34. The molecule has 0 aliphatic heterocycles. The van der Waals surface area contributed by atoms with Gasteiger partial charge in [-0.2, -0.15) is 0 Å². The smallest absolute Gasteiger partial charge is 0.306 e. The van der Waals surface area contributed by atoms with Crippen molar-refractivity contribution in [1.82, 2.24) is 0 Å². The number of nitrogens with zero attached hydrogens (tertiary/aromatic N) is 1. The summed E-state index contributed by atoms with van der Waals surface area (Å²) < 4.78 is 34.0. The molecule has 0 heterocycles. The molecular formula is C52H90NO8P. The van der Waals surface area contributed by atoms with E-state index in [1.54, 1.807) is 0 Å². The van der Waals surface area contributed by atoms with Gasteiger partial charge in [-0.05, 0) is 89.9 Å². The molecule has 0 bridgehead atoms. The monoisotopic (exact) mass is 888 g/mol. The van der Waals surface area contributed by atoms with E-state index in [4.69, 9.17) is 18.5 Å². The summed E-state index contributed by atoms with van der Waals surface area (Å²) >= 11 is 0. The van der Waals surface area contributed by atoms with Gasteiger partial charge < -0.3 is 27.9 Å². The molecule has 0 fully saturated rings. The molecule has 0 N–H and O–H groups in total. The van der Waals surface area contributed by atoms with Crippen molar-refractivity contribution >= 4 is 19.8 Å². The van der Waals surface area contributed by atoms with Gasteiger partial charge in [0.05, 0.1) is 27.7 Å². The minimum atomic E-state index is -4.64. The van der Waals surface area contributed by atoms with Crippen LogP contribution in [0.5, 0.6) is 0 Å². The van der Waals surface area contributed by atoms with E-state index in [0.29, 0.717) is 23.9 Å². The van der Waals surface area contributed by atoms with Gasteiger partial charge in [0.25, 0.3) is 7.82 Å². The zero-order valence-electron chi connectivity index (χ0n) is 40.0. The lowest BCUT2D eigenvalue weighted by atomic mass is 10.1. The van der Waals surface area contributed by atoms with Gasteiger partial charge >= 0.3 is 11.9 Å². The molecule has 10 heteroatoms. The predicted molar refractivity (Wildman–Crippen MR) is 259 cm³/mol. The molecule has 0 aliphatic rings. The molecule has 0 rings (SSSR count). The molecule has 0 aliphatic carbocycles. The number of unbranched alkanes of at least 4 members (excludes halogenated alkanes) is 15. The lowest BCUT2D eigenvalue weighted by Crippen LogP contribution is -2.37. The number of likely N-dealkylation sites (N-methyl/N-ethyl adjacent to an activating group) is 1. The molecule has 356 valence electrons. The van der Waals surface area contributed by atoms with Gasteiger partial charge in [0.2, 0.25) is 0 Å². The number of phosphoric acid groups is 1. The number of esters is 2. The van der Waals surface area contributed by atoms with Gasteiger partial charge in [-0.15, -0.1) is 0 Å². The lowest BCUT2D eigenvalue weighted by molar-refractivity contribution is -0.870. The molecular weight excluding hydrogens is 798 g/mol. The fourth-order valence-corrected chi connectivity index (χ4v) is 6.85. The summed E-state index contributed by atoms with van der Waals surface area (Å²) in [5, 5.41) is 0. The van der Waals surface area contributed by atoms with E-state index in [1.807, 2.05) is 21.1 Å². The highest BCUT2D eigenvalue weighted by Gasteiger charge is 2.21. The Kier molecular flexibility index (Phi) is 41.5. The second-order valence-corrected chi connectivity index (χ2v) is 18.5. The van der Waals surface area contributed by atoms with Crippen LogP contribution in [0.1, 0.15) is 181 Å². The van der Waals surface area contributed by atoms with Crippen LogP contribution in [0.2, 0.25) is 0 Å². The summed E-state index contributed by atoms with van der Waals surface area (Å²) in [6.07, 6.45) is 56.0. The van der Waals surface area contributed by atoms with Crippen molar-refractivity contribution in [3.05, 3.63) is 85.1 Å². The number of quaternary nitrogens is 1. The Morgan fingerprint density at radius 2 is 0.919 bits per heavy atom. The van der Waals surface area contributed by atoms with Crippen molar-refractivity contribution in [2.75, 3.05) is 47.5 Å². The minimum Gasteiger partial charge on any atom is -0.756 e. The van der Waals surface area contributed by atoms with Crippen molar-refractivity contribution in [3.63, 3.8) is 0 Å². The van der Waals surface area contributed by atoms with Crippen molar-refractivity contribution in [2.24, 2.45) is 0 Å². The molecule has 2 unspecified atom stereocenters. The van der Waals surface area contributed by atoms with Gasteiger partial charge in [0.1, 0.15) is 19.8 Å². The SMILES string of the molecule is CC/C=C\C/C=C\C/C=C\C/C=C\C/C=C\CCCCCCCCCC(=O)OC(COC(=O)CCCCCCC/C=C\C/C=C\CCCCC)COP(=O)([O-])OCC[N+](C)(C)C. The molecule has 0 aromatic carbocycles. The number of ether oxygens (including phenoxy) is 2. The van der Waals surface area contributed by atoms with Gasteiger partial charge in [-0.1, -0.05) is 163 Å². The minimum absolute atomic E-state index is 0.0401. The number of allylic oxidation sites excluding steroid dienone is 14. The van der Waals surface area contributed by atoms with Crippen molar-refractivity contribution < 1.29 is 42.1 Å². The topological polar surface area (TPSA) is 111 Å². The van der Waals surface area contributed by atoms with Crippen LogP contribution in [0.4, 0.5) is 0 Å². The molecule has 0 aromatic heterocycles. The third-order valence-corrected chi connectivity index (χ3v) is 10.9. The first kappa shape index (κ1) is 59.2. The highest BCUT2D eigenvalue weighted by Crippen LogP contribution is 2.38. The maximum absolute atomic E-state index is 12.7. The number of carbonyl (C=O) groups excluding carboxylic acids is 2. The Bertz CT molecular complexity index is 1330. The summed E-state index contributed by atoms with van der Waals surface area (Å²) in [7, 11) is 1.14. The van der Waals surface area contributed by atoms with Crippen LogP contribution < -0.4 is 4.89 Å². The number of phosphoric ester groups is 1. The van der Waals surface area contributed by atoms with E-state index in [-0.39, 0.29) is 26.1 Å². The largest absolute Gasteiger partial charge is 0.756 e. The normalized spacial score (nSPS) is 14.2. The van der Waals surface area contributed by atoms with Crippen molar-refractivity contribution in [2.45, 2.75) is 187 Å². The van der Waals surface area contributed by atoms with Crippen LogP contribution >= 0.6 is 7.82 Å². The quantitative estimate of drug-likeness (QED) is 0.0196. The second-order valence-electron chi connectivity index (χ2n) is 17.1. The van der Waals surface area contributed by atoms with E-state index in [9.17, 15) is 19.0 Å². The zero-order valence-corrected chi connectivity index (χ0v) is 40.9. The Labute approximate surface area is 380 Å². The van der Waals surface area contributed by atoms with Crippen LogP contribution in [0.15, 0.2) is 85.1 Å². The zero-order chi connectivity index (χ0) is 45.7. The van der Waals surface area contributed by atoms with Crippen LogP contribution in [0, 0.1) is 0 Å². The molecule has 62 heavy (non-hydrogen) atoms. The summed E-state index contributed by atoms with van der Waals surface area (Å²) in [5.74, 6) is -0.869. The lowest BCUT2D eigenvalue weighted by Gasteiger charge is -2.28. The third kappa shape index (κ3) is 46.7. The third-order valence-electron chi connectivity index (χ3n) is 9.90. The number of rotatable bonds is 43. The first-order valence-electron chi connectivity index (χ1n) is 24.3. The molecule has 0 aromatic rings. The van der Waals surface area contributed by atoms with Gasteiger partial charge in [0.15, 0.2) is 6.10 Å². The highest BCUT2D eigenvalue weighted by molar-refractivity contribution is 7.45. The summed E-state index contributed by atoms with van der Waals surface area (Å²) in [6, 6.07) is 0. The molecule has 0 saturated heterocycles. The number of hydrogen-bond donors (Lipinski definition) is 0. The predicted octanol–water partition coefficient (Wildman–Crippen LogP) is 13.7. The Morgan fingerprint density at radius 3 is 1.37 bits per heavy atom. The average Bonchev–Trinajstić information content (AvgIpc) is 3.23. The fraction of sp³-hybridized carbons (Fsp3) is 0.692. The fourth-order valence-electron chi connectivity index (χ4n) is 6.12. The maximum atomic E-state index is 12.7. The van der Waals surface area contributed by atoms with Crippen LogP contribution in [-0.2, 0) is 32.7 Å². The van der Waals surface area contributed by atoms with Gasteiger partial charge in [-0.25, -0.2) is 0 Å². The Hall–Kier alpha value is -2.81. The van der Waals surface area contributed by atoms with Gasteiger partial charge in [0, 0.05) is 12.8 Å². The standard InChI is InChI=1S/C52H90NO8P/c1-6-8-10-12-14-16-18-20-22-23-24-25-26-27-28-29-31-33-35-37-39-41-43-45-52(55)61-50(49-60-62(56,57)59-47-46-53(3,4)5)48-58-51(54)44-42-40-38-36-34-32-30-21-19-17-15-13-11-9-7-2/h8,10,14-17,20-22,24-25,27-28,30,50H,6-7,9,11-13,18-19,23,26,29,31-49H2,1-5H3/b10-8-,16-14-,17-15-,22-20-,25-24-,28-27-,30-21-. The molecule has 2 atom stereocenters. The highest BCUT2D eigenvalue weighted by atomic mass is 31.2. The summed E-state index contributed by atoms with van der Waals surface area (Å²) in [4.78, 5) is 37.7. The first-order valence-corrected chi connectivity index (χ1v) is 25.8. The molecule has 0 saturated carbocycles. The van der Waals surface area contributed by atoms with E-state index >= 15 is 0 Å². The number of hydrogen-bond acceptors (Lipinski definition) is 8. The van der Waals surface area contributed by atoms with Crippen molar-refractivity contribution in [1.29, 1.82) is 0 Å². The molecule has 0 spiro atoms. The Morgan fingerprint density at radius 1 is 0.516 bits per heavy atom. The van der Waals surface area contributed by atoms with E-state index < -0.39 is 32.5 Å². The van der Waals surface area contributed by atoms with E-state index in [0.717, 1.165) is 96.3 Å². The molecule has 9 nitrogen and oxygen atoms in total. The average molecular weight is 888 g/mol. The summed E-state index contributed by atoms with van der Waals surface area (Å²) in [6.45, 7) is 4.05. The second kappa shape index (κ2) is 43.4. The van der Waals surface area contributed by atoms with Crippen LogP contribution in [0.25, 0.3) is 0 Å². The maximum Gasteiger partial charge on any atom is 0.306 e.